The third-order valence-electron chi connectivity index (χ3n) is 4.15. The molecule has 1 aliphatic heterocycles. The molecule has 1 saturated heterocycles. The van der Waals surface area contributed by atoms with Crippen molar-refractivity contribution in [3.05, 3.63) is 24.0 Å². The lowest BCUT2D eigenvalue weighted by Crippen LogP contribution is -2.25. The SMILES string of the molecule is CC(C)Nc1nc(CO)cc2cnc(N[C@@H]3CN[C@H](CO)C3)cc12. The predicted molar refractivity (Wildman–Crippen MR) is 95.1 cm³/mol. The molecule has 130 valence electrons. The van der Waals surface area contributed by atoms with Gasteiger partial charge in [0.2, 0.25) is 0 Å². The van der Waals surface area contributed by atoms with E-state index < -0.39 is 0 Å². The highest BCUT2D eigenvalue weighted by Crippen LogP contribution is 2.26. The Labute approximate surface area is 141 Å². The predicted octanol–water partition coefficient (Wildman–Crippen LogP) is 1.08. The summed E-state index contributed by atoms with van der Waals surface area (Å²) in [6, 6.07) is 4.48. The van der Waals surface area contributed by atoms with Crippen molar-refractivity contribution in [2.24, 2.45) is 0 Å². The van der Waals surface area contributed by atoms with E-state index >= 15 is 0 Å². The molecule has 0 bridgehead atoms. The van der Waals surface area contributed by atoms with E-state index in [-0.39, 0.29) is 31.3 Å². The monoisotopic (exact) mass is 331 g/mol. The Hall–Kier alpha value is -1.96. The molecular formula is C17H25N5O2. The van der Waals surface area contributed by atoms with Gasteiger partial charge in [-0.25, -0.2) is 9.97 Å². The van der Waals surface area contributed by atoms with E-state index in [9.17, 15) is 10.2 Å². The second-order valence-corrected chi connectivity index (χ2v) is 6.57. The van der Waals surface area contributed by atoms with Gasteiger partial charge in [-0.3, -0.25) is 0 Å². The van der Waals surface area contributed by atoms with Crippen LogP contribution in [0, 0.1) is 0 Å². The molecule has 3 rings (SSSR count). The third kappa shape index (κ3) is 3.75. The van der Waals surface area contributed by atoms with Gasteiger partial charge >= 0.3 is 0 Å². The molecule has 5 N–H and O–H groups in total. The van der Waals surface area contributed by atoms with Gasteiger partial charge in [-0.2, -0.15) is 0 Å². The highest BCUT2D eigenvalue weighted by molar-refractivity contribution is 5.93. The number of pyridine rings is 2. The van der Waals surface area contributed by atoms with Crippen molar-refractivity contribution in [1.82, 2.24) is 15.3 Å². The zero-order chi connectivity index (χ0) is 17.1. The molecule has 2 aromatic rings. The summed E-state index contributed by atoms with van der Waals surface area (Å²) in [4.78, 5) is 8.97. The molecule has 1 aliphatic rings. The Kier molecular flexibility index (Phi) is 5.13. The van der Waals surface area contributed by atoms with Crippen molar-refractivity contribution < 1.29 is 10.2 Å². The molecule has 0 spiro atoms. The van der Waals surface area contributed by atoms with Crippen LogP contribution in [0.25, 0.3) is 10.8 Å². The van der Waals surface area contributed by atoms with E-state index in [1.165, 1.54) is 0 Å². The highest BCUT2D eigenvalue weighted by atomic mass is 16.3. The number of aliphatic hydroxyl groups excluding tert-OH is 2. The van der Waals surface area contributed by atoms with Crippen LogP contribution in [0.15, 0.2) is 18.3 Å². The number of hydrogen-bond donors (Lipinski definition) is 5. The number of nitrogens with one attached hydrogen (secondary N) is 3. The zero-order valence-electron chi connectivity index (χ0n) is 14.1. The average molecular weight is 331 g/mol. The molecular weight excluding hydrogens is 306 g/mol. The highest BCUT2D eigenvalue weighted by Gasteiger charge is 2.23. The first-order chi connectivity index (χ1) is 11.6. The van der Waals surface area contributed by atoms with Gasteiger partial charge in [-0.05, 0) is 32.4 Å². The van der Waals surface area contributed by atoms with Crippen molar-refractivity contribution in [1.29, 1.82) is 0 Å². The number of fused-ring (bicyclic) bond motifs is 1. The zero-order valence-corrected chi connectivity index (χ0v) is 14.1. The number of hydrogen-bond acceptors (Lipinski definition) is 7. The van der Waals surface area contributed by atoms with E-state index in [1.807, 2.05) is 12.1 Å². The van der Waals surface area contributed by atoms with Crippen LogP contribution in [0.3, 0.4) is 0 Å². The Morgan fingerprint density at radius 2 is 2.17 bits per heavy atom. The molecule has 0 saturated carbocycles. The van der Waals surface area contributed by atoms with Crippen molar-refractivity contribution in [2.75, 3.05) is 23.8 Å². The van der Waals surface area contributed by atoms with Crippen molar-refractivity contribution in [2.45, 2.75) is 45.0 Å². The number of nitrogens with zero attached hydrogens (tertiary/aromatic N) is 2. The van der Waals surface area contributed by atoms with E-state index in [0.29, 0.717) is 5.69 Å². The van der Waals surface area contributed by atoms with Gasteiger partial charge in [0.15, 0.2) is 0 Å². The molecule has 24 heavy (non-hydrogen) atoms. The van der Waals surface area contributed by atoms with Crippen LogP contribution in [0.5, 0.6) is 0 Å². The summed E-state index contributed by atoms with van der Waals surface area (Å²) >= 11 is 0. The summed E-state index contributed by atoms with van der Waals surface area (Å²) in [5.41, 5.74) is 0.624. The third-order valence-corrected chi connectivity index (χ3v) is 4.15. The number of anilines is 2. The first kappa shape index (κ1) is 16.9. The molecule has 0 unspecified atom stereocenters. The van der Waals surface area contributed by atoms with E-state index in [4.69, 9.17) is 0 Å². The van der Waals surface area contributed by atoms with Gasteiger partial charge in [0.25, 0.3) is 0 Å². The van der Waals surface area contributed by atoms with Crippen molar-refractivity contribution >= 4 is 22.4 Å². The largest absolute Gasteiger partial charge is 0.395 e. The fraction of sp³-hybridized carbons (Fsp3) is 0.529. The lowest BCUT2D eigenvalue weighted by molar-refractivity contribution is 0.254. The van der Waals surface area contributed by atoms with Gasteiger partial charge in [0.1, 0.15) is 11.6 Å². The molecule has 7 nitrogen and oxygen atoms in total. The average Bonchev–Trinajstić information content (AvgIpc) is 3.02. The normalized spacial score (nSPS) is 20.7. The van der Waals surface area contributed by atoms with Crippen molar-refractivity contribution in [3.8, 4) is 0 Å². The first-order valence-corrected chi connectivity index (χ1v) is 8.37. The minimum absolute atomic E-state index is 0.0982. The van der Waals surface area contributed by atoms with Gasteiger partial charge in [-0.1, -0.05) is 0 Å². The standard InChI is InChI=1S/C17H25N5O2/c1-10(2)20-17-15-5-16(21-12-4-13(8-23)18-7-12)19-6-11(15)3-14(9-24)22-17/h3,5-6,10,12-13,18,23-24H,4,7-9H2,1-2H3,(H,19,21)(H,20,22)/t12-,13-/m0/s1. The summed E-state index contributed by atoms with van der Waals surface area (Å²) in [6.45, 7) is 4.97. The summed E-state index contributed by atoms with van der Waals surface area (Å²) in [6.07, 6.45) is 2.67. The molecule has 0 aliphatic carbocycles. The lowest BCUT2D eigenvalue weighted by Gasteiger charge is -2.16. The second-order valence-electron chi connectivity index (χ2n) is 6.57. The fourth-order valence-electron chi connectivity index (χ4n) is 3.02. The molecule has 1 fully saturated rings. The topological polar surface area (TPSA) is 102 Å². The fourth-order valence-corrected chi connectivity index (χ4v) is 3.02. The molecule has 0 aromatic carbocycles. The summed E-state index contributed by atoms with van der Waals surface area (Å²) < 4.78 is 0. The lowest BCUT2D eigenvalue weighted by atomic mass is 10.1. The number of aliphatic hydroxyl groups is 2. The quantitative estimate of drug-likeness (QED) is 0.540. The minimum atomic E-state index is -0.0982. The van der Waals surface area contributed by atoms with E-state index in [0.717, 1.165) is 35.4 Å². The Morgan fingerprint density at radius 1 is 1.33 bits per heavy atom. The van der Waals surface area contributed by atoms with Gasteiger partial charge in [0.05, 0.1) is 18.9 Å². The number of aromatic nitrogens is 2. The maximum atomic E-state index is 9.40. The van der Waals surface area contributed by atoms with Crippen LogP contribution in [-0.2, 0) is 6.61 Å². The molecule has 0 amide bonds. The molecule has 0 radical (unpaired) electrons. The first-order valence-electron chi connectivity index (χ1n) is 8.37. The Balaban J connectivity index is 1.88. The Bertz CT molecular complexity index is 707. The summed E-state index contributed by atoms with van der Waals surface area (Å²) in [5.74, 6) is 1.55. The van der Waals surface area contributed by atoms with E-state index in [1.54, 1.807) is 6.20 Å². The van der Waals surface area contributed by atoms with Crippen LogP contribution in [-0.4, -0.2) is 51.5 Å². The maximum absolute atomic E-state index is 9.40. The molecule has 2 aromatic heterocycles. The van der Waals surface area contributed by atoms with Crippen LogP contribution in [0.1, 0.15) is 26.0 Å². The molecule has 3 heterocycles. The van der Waals surface area contributed by atoms with Gasteiger partial charge in [0, 0.05) is 41.6 Å². The minimum Gasteiger partial charge on any atom is -0.395 e. The summed E-state index contributed by atoms with van der Waals surface area (Å²) in [5, 5.41) is 30.6. The van der Waals surface area contributed by atoms with Gasteiger partial charge < -0.3 is 26.2 Å². The van der Waals surface area contributed by atoms with Crippen LogP contribution < -0.4 is 16.0 Å². The van der Waals surface area contributed by atoms with E-state index in [2.05, 4.69) is 39.8 Å². The van der Waals surface area contributed by atoms with Crippen LogP contribution in [0.4, 0.5) is 11.6 Å². The summed E-state index contributed by atoms with van der Waals surface area (Å²) in [7, 11) is 0. The smallest absolute Gasteiger partial charge is 0.134 e. The van der Waals surface area contributed by atoms with Gasteiger partial charge in [-0.15, -0.1) is 0 Å². The van der Waals surface area contributed by atoms with Crippen LogP contribution in [0.2, 0.25) is 0 Å². The second kappa shape index (κ2) is 7.29. The maximum Gasteiger partial charge on any atom is 0.134 e. The Morgan fingerprint density at radius 3 is 2.83 bits per heavy atom. The van der Waals surface area contributed by atoms with Crippen molar-refractivity contribution in [3.63, 3.8) is 0 Å². The number of rotatable bonds is 6. The molecule has 2 atom stereocenters. The molecule has 7 heteroatoms. The van der Waals surface area contributed by atoms with Crippen LogP contribution >= 0.6 is 0 Å².